The number of benzene rings is 2. The van der Waals surface area contributed by atoms with E-state index in [0.717, 1.165) is 18.2 Å². The molecule has 0 atom stereocenters. The second kappa shape index (κ2) is 6.26. The van der Waals surface area contributed by atoms with E-state index >= 15 is 0 Å². The first-order valence-electron chi connectivity index (χ1n) is 6.37. The summed E-state index contributed by atoms with van der Waals surface area (Å²) in [6.45, 7) is 0. The Labute approximate surface area is 132 Å². The summed E-state index contributed by atoms with van der Waals surface area (Å²) in [6, 6.07) is 4.03. The molecule has 0 fully saturated rings. The van der Waals surface area contributed by atoms with Crippen molar-refractivity contribution in [1.29, 1.82) is 0 Å². The SMILES string of the molecule is NC(=O)c1ccc(F)c(NC(=O)c2cc(C(F)(F)F)ccc2F)c1. The molecular weight excluding hydrogens is 335 g/mol. The summed E-state index contributed by atoms with van der Waals surface area (Å²) in [5, 5.41) is 1.91. The minimum absolute atomic E-state index is 0.142. The van der Waals surface area contributed by atoms with Crippen LogP contribution in [0.2, 0.25) is 0 Å². The highest BCUT2D eigenvalue weighted by atomic mass is 19.4. The molecule has 0 radical (unpaired) electrons. The van der Waals surface area contributed by atoms with Crippen LogP contribution in [0.1, 0.15) is 26.3 Å². The van der Waals surface area contributed by atoms with E-state index in [0.29, 0.717) is 18.2 Å². The van der Waals surface area contributed by atoms with E-state index in [4.69, 9.17) is 5.73 Å². The van der Waals surface area contributed by atoms with Crippen molar-refractivity contribution in [2.45, 2.75) is 6.18 Å². The Kier molecular flexibility index (Phi) is 4.54. The van der Waals surface area contributed by atoms with Crippen LogP contribution in [-0.4, -0.2) is 11.8 Å². The average Bonchev–Trinajstić information content (AvgIpc) is 2.48. The lowest BCUT2D eigenvalue weighted by Gasteiger charge is -2.11. The summed E-state index contributed by atoms with van der Waals surface area (Å²) in [4.78, 5) is 23.0. The number of carbonyl (C=O) groups excluding carboxylic acids is 2. The van der Waals surface area contributed by atoms with Crippen molar-refractivity contribution in [3.05, 3.63) is 64.7 Å². The molecule has 0 heterocycles. The first-order valence-corrected chi connectivity index (χ1v) is 6.37. The summed E-state index contributed by atoms with van der Waals surface area (Å²) in [5.74, 6) is -4.40. The van der Waals surface area contributed by atoms with Gasteiger partial charge in [-0.2, -0.15) is 13.2 Å². The van der Waals surface area contributed by atoms with Crippen molar-refractivity contribution in [3.8, 4) is 0 Å². The molecule has 2 rings (SSSR count). The summed E-state index contributed by atoms with van der Waals surface area (Å²) in [7, 11) is 0. The molecule has 0 saturated heterocycles. The van der Waals surface area contributed by atoms with E-state index in [2.05, 4.69) is 0 Å². The molecule has 0 aliphatic heterocycles. The maximum absolute atomic E-state index is 13.6. The van der Waals surface area contributed by atoms with E-state index in [-0.39, 0.29) is 5.56 Å². The molecule has 0 spiro atoms. The lowest BCUT2D eigenvalue weighted by atomic mass is 10.1. The van der Waals surface area contributed by atoms with Gasteiger partial charge < -0.3 is 11.1 Å². The van der Waals surface area contributed by atoms with Gasteiger partial charge in [0, 0.05) is 5.56 Å². The highest BCUT2D eigenvalue weighted by molar-refractivity contribution is 6.05. The summed E-state index contributed by atoms with van der Waals surface area (Å²) in [5.41, 5.74) is 2.19. The maximum Gasteiger partial charge on any atom is 0.416 e. The van der Waals surface area contributed by atoms with Crippen LogP contribution < -0.4 is 11.1 Å². The molecule has 0 aromatic heterocycles. The van der Waals surface area contributed by atoms with E-state index in [1.54, 1.807) is 0 Å². The lowest BCUT2D eigenvalue weighted by molar-refractivity contribution is -0.137. The number of hydrogen-bond acceptors (Lipinski definition) is 2. The van der Waals surface area contributed by atoms with Crippen LogP contribution in [0.5, 0.6) is 0 Å². The Bertz CT molecular complexity index is 818. The molecule has 4 nitrogen and oxygen atoms in total. The Morgan fingerprint density at radius 2 is 1.58 bits per heavy atom. The zero-order valence-corrected chi connectivity index (χ0v) is 11.7. The lowest BCUT2D eigenvalue weighted by Crippen LogP contribution is -2.18. The monoisotopic (exact) mass is 344 g/mol. The van der Waals surface area contributed by atoms with Gasteiger partial charge in [-0.05, 0) is 36.4 Å². The third-order valence-corrected chi connectivity index (χ3v) is 3.04. The fraction of sp³-hybridized carbons (Fsp3) is 0.0667. The first-order chi connectivity index (χ1) is 11.1. The normalized spacial score (nSPS) is 11.2. The van der Waals surface area contributed by atoms with Crippen molar-refractivity contribution < 1.29 is 31.5 Å². The van der Waals surface area contributed by atoms with Crippen LogP contribution >= 0.6 is 0 Å². The van der Waals surface area contributed by atoms with E-state index in [1.165, 1.54) is 0 Å². The number of carbonyl (C=O) groups is 2. The van der Waals surface area contributed by atoms with Gasteiger partial charge in [-0.15, -0.1) is 0 Å². The largest absolute Gasteiger partial charge is 0.416 e. The Balaban J connectivity index is 2.37. The van der Waals surface area contributed by atoms with Gasteiger partial charge in [0.15, 0.2) is 0 Å². The van der Waals surface area contributed by atoms with Gasteiger partial charge in [-0.25, -0.2) is 8.78 Å². The highest BCUT2D eigenvalue weighted by Gasteiger charge is 2.32. The zero-order valence-electron chi connectivity index (χ0n) is 11.7. The van der Waals surface area contributed by atoms with Crippen LogP contribution in [0.3, 0.4) is 0 Å². The van der Waals surface area contributed by atoms with Crippen molar-refractivity contribution in [1.82, 2.24) is 0 Å². The predicted molar refractivity (Wildman–Crippen MR) is 74.3 cm³/mol. The predicted octanol–water partition coefficient (Wildman–Crippen LogP) is 3.33. The van der Waals surface area contributed by atoms with Crippen molar-refractivity contribution in [3.63, 3.8) is 0 Å². The molecule has 0 aliphatic carbocycles. The van der Waals surface area contributed by atoms with Crippen molar-refractivity contribution in [2.75, 3.05) is 5.32 Å². The molecule has 2 amide bonds. The van der Waals surface area contributed by atoms with Crippen LogP contribution in [0.15, 0.2) is 36.4 Å². The molecule has 0 saturated carbocycles. The number of rotatable bonds is 3. The fourth-order valence-electron chi connectivity index (χ4n) is 1.84. The molecule has 3 N–H and O–H groups in total. The Morgan fingerprint density at radius 3 is 2.17 bits per heavy atom. The van der Waals surface area contributed by atoms with E-state index < -0.39 is 46.4 Å². The number of nitrogens with one attached hydrogen (secondary N) is 1. The zero-order chi connectivity index (χ0) is 18.1. The highest BCUT2D eigenvalue weighted by Crippen LogP contribution is 2.30. The molecule has 0 unspecified atom stereocenters. The minimum Gasteiger partial charge on any atom is -0.366 e. The molecule has 2 aromatic rings. The van der Waals surface area contributed by atoms with Gasteiger partial charge in [-0.3, -0.25) is 9.59 Å². The third-order valence-electron chi connectivity index (χ3n) is 3.04. The Hall–Kier alpha value is -2.97. The fourth-order valence-corrected chi connectivity index (χ4v) is 1.84. The number of primary amides is 1. The van der Waals surface area contributed by atoms with Crippen LogP contribution in [-0.2, 0) is 6.18 Å². The quantitative estimate of drug-likeness (QED) is 0.839. The first kappa shape index (κ1) is 17.4. The summed E-state index contributed by atoms with van der Waals surface area (Å²) < 4.78 is 65.2. The molecule has 9 heteroatoms. The third kappa shape index (κ3) is 3.67. The van der Waals surface area contributed by atoms with Gasteiger partial charge in [0.25, 0.3) is 5.91 Å². The van der Waals surface area contributed by atoms with E-state index in [9.17, 15) is 31.5 Å². The Morgan fingerprint density at radius 1 is 0.958 bits per heavy atom. The van der Waals surface area contributed by atoms with Gasteiger partial charge in [0.2, 0.25) is 5.91 Å². The van der Waals surface area contributed by atoms with Crippen LogP contribution in [0.25, 0.3) is 0 Å². The van der Waals surface area contributed by atoms with Gasteiger partial charge in [0.1, 0.15) is 11.6 Å². The summed E-state index contributed by atoms with van der Waals surface area (Å²) in [6.07, 6.45) is -4.78. The molecule has 0 bridgehead atoms. The number of hydrogen-bond donors (Lipinski definition) is 2. The van der Waals surface area contributed by atoms with Crippen LogP contribution in [0.4, 0.5) is 27.6 Å². The van der Waals surface area contributed by atoms with Gasteiger partial charge in [-0.1, -0.05) is 0 Å². The topological polar surface area (TPSA) is 72.2 Å². The number of halogens is 5. The van der Waals surface area contributed by atoms with Gasteiger partial charge >= 0.3 is 6.18 Å². The number of nitrogens with two attached hydrogens (primary N) is 1. The number of alkyl halides is 3. The molecular formula is C15H9F5N2O2. The average molecular weight is 344 g/mol. The van der Waals surface area contributed by atoms with Gasteiger partial charge in [0.05, 0.1) is 16.8 Å². The standard InChI is InChI=1S/C15H9F5N2O2/c16-10-4-2-8(15(18,19)20)6-9(10)14(24)22-12-5-7(13(21)23)1-3-11(12)17/h1-6H,(H2,21,23)(H,22,24). The second-order valence-electron chi connectivity index (χ2n) is 4.71. The van der Waals surface area contributed by atoms with Crippen molar-refractivity contribution in [2.24, 2.45) is 5.73 Å². The smallest absolute Gasteiger partial charge is 0.366 e. The molecule has 126 valence electrons. The summed E-state index contributed by atoms with van der Waals surface area (Å²) >= 11 is 0. The maximum atomic E-state index is 13.6. The molecule has 24 heavy (non-hydrogen) atoms. The van der Waals surface area contributed by atoms with E-state index in [1.807, 2.05) is 5.32 Å². The molecule has 2 aromatic carbocycles. The molecule has 0 aliphatic rings. The number of anilines is 1. The second-order valence-corrected chi connectivity index (χ2v) is 4.71. The minimum atomic E-state index is -4.78. The van der Waals surface area contributed by atoms with Crippen molar-refractivity contribution >= 4 is 17.5 Å². The number of amides is 2. The van der Waals surface area contributed by atoms with Crippen LogP contribution in [0, 0.1) is 11.6 Å².